The molecule has 0 aliphatic carbocycles. The lowest BCUT2D eigenvalue weighted by Gasteiger charge is -2.14. The molecular formula is C12H17N3O3S. The Morgan fingerprint density at radius 1 is 1.53 bits per heavy atom. The van der Waals surface area contributed by atoms with Crippen LogP contribution in [0.5, 0.6) is 0 Å². The van der Waals surface area contributed by atoms with E-state index < -0.39 is 4.92 Å². The van der Waals surface area contributed by atoms with Crippen molar-refractivity contribution in [1.82, 2.24) is 5.32 Å². The summed E-state index contributed by atoms with van der Waals surface area (Å²) < 4.78 is 0. The number of hydrogen-bond donors (Lipinski definition) is 2. The van der Waals surface area contributed by atoms with E-state index in [4.69, 9.17) is 0 Å². The second-order valence-electron chi connectivity index (χ2n) is 4.04. The SMILES string of the molecule is CNc1c(C(=O)NC(C)CSC)cccc1[N+](=O)[O-]. The van der Waals surface area contributed by atoms with Crippen LogP contribution in [0.4, 0.5) is 11.4 Å². The van der Waals surface area contributed by atoms with E-state index in [1.54, 1.807) is 24.9 Å². The van der Waals surface area contributed by atoms with Gasteiger partial charge >= 0.3 is 0 Å². The molecule has 0 saturated carbocycles. The van der Waals surface area contributed by atoms with Gasteiger partial charge in [0, 0.05) is 24.9 Å². The molecule has 0 fully saturated rings. The number of hydrogen-bond acceptors (Lipinski definition) is 5. The zero-order chi connectivity index (χ0) is 14.4. The molecule has 1 unspecified atom stereocenters. The van der Waals surface area contributed by atoms with Gasteiger partial charge in [0.1, 0.15) is 5.69 Å². The lowest BCUT2D eigenvalue weighted by atomic mass is 10.1. The van der Waals surface area contributed by atoms with Crippen molar-refractivity contribution in [3.63, 3.8) is 0 Å². The Hall–Kier alpha value is -1.76. The van der Waals surface area contributed by atoms with E-state index in [9.17, 15) is 14.9 Å². The zero-order valence-electron chi connectivity index (χ0n) is 11.1. The molecular weight excluding hydrogens is 266 g/mol. The second-order valence-corrected chi connectivity index (χ2v) is 4.95. The quantitative estimate of drug-likeness (QED) is 0.617. The van der Waals surface area contributed by atoms with Gasteiger partial charge in [-0.1, -0.05) is 6.07 Å². The van der Waals surface area contributed by atoms with Gasteiger partial charge in [-0.05, 0) is 19.2 Å². The number of nitrogens with zero attached hydrogens (tertiary/aromatic N) is 1. The van der Waals surface area contributed by atoms with Crippen LogP contribution in [0, 0.1) is 10.1 Å². The topological polar surface area (TPSA) is 84.3 Å². The van der Waals surface area contributed by atoms with Crippen LogP contribution in [-0.2, 0) is 0 Å². The largest absolute Gasteiger partial charge is 0.382 e. The highest BCUT2D eigenvalue weighted by Gasteiger charge is 2.21. The van der Waals surface area contributed by atoms with Crippen molar-refractivity contribution in [1.29, 1.82) is 0 Å². The average molecular weight is 283 g/mol. The average Bonchev–Trinajstić information content (AvgIpc) is 2.37. The lowest BCUT2D eigenvalue weighted by molar-refractivity contribution is -0.384. The van der Waals surface area contributed by atoms with E-state index in [0.717, 1.165) is 5.75 Å². The van der Waals surface area contributed by atoms with E-state index in [-0.39, 0.29) is 28.9 Å². The van der Waals surface area contributed by atoms with Gasteiger partial charge in [0.25, 0.3) is 11.6 Å². The maximum absolute atomic E-state index is 12.1. The molecule has 0 aromatic heterocycles. The highest BCUT2D eigenvalue weighted by atomic mass is 32.2. The third-order valence-electron chi connectivity index (χ3n) is 2.53. The van der Waals surface area contributed by atoms with Gasteiger partial charge in [-0.15, -0.1) is 0 Å². The predicted octanol–water partition coefficient (Wildman–Crippen LogP) is 2.12. The van der Waals surface area contributed by atoms with Crippen LogP contribution in [0.25, 0.3) is 0 Å². The number of nitro benzene ring substituents is 1. The van der Waals surface area contributed by atoms with Crippen LogP contribution in [0.2, 0.25) is 0 Å². The molecule has 0 heterocycles. The maximum atomic E-state index is 12.1. The minimum absolute atomic E-state index is 0.00599. The Morgan fingerprint density at radius 3 is 2.74 bits per heavy atom. The molecule has 1 aromatic rings. The van der Waals surface area contributed by atoms with Gasteiger partial charge in [0.05, 0.1) is 10.5 Å². The first-order chi connectivity index (χ1) is 9.01. The highest BCUT2D eigenvalue weighted by Crippen LogP contribution is 2.27. The standard InChI is InChI=1S/C12H17N3O3S/c1-8(7-19-3)14-12(16)9-5-4-6-10(15(17)18)11(9)13-2/h4-6,8,13H,7H2,1-3H3,(H,14,16). The summed E-state index contributed by atoms with van der Waals surface area (Å²) in [7, 11) is 1.56. The van der Waals surface area contributed by atoms with Crippen LogP contribution < -0.4 is 10.6 Å². The molecule has 0 bridgehead atoms. The molecule has 1 aromatic carbocycles. The molecule has 2 N–H and O–H groups in total. The number of nitro groups is 1. The molecule has 0 aliphatic rings. The molecule has 0 saturated heterocycles. The Balaban J connectivity index is 3.03. The molecule has 6 nitrogen and oxygen atoms in total. The first-order valence-corrected chi connectivity index (χ1v) is 7.15. The van der Waals surface area contributed by atoms with E-state index >= 15 is 0 Å². The molecule has 7 heteroatoms. The van der Waals surface area contributed by atoms with Gasteiger partial charge in [-0.2, -0.15) is 11.8 Å². The fourth-order valence-corrected chi connectivity index (χ4v) is 2.32. The van der Waals surface area contributed by atoms with Gasteiger partial charge in [0.2, 0.25) is 0 Å². The van der Waals surface area contributed by atoms with Gasteiger partial charge in [-0.25, -0.2) is 0 Å². The fourth-order valence-electron chi connectivity index (χ4n) is 1.74. The van der Waals surface area contributed by atoms with Crippen LogP contribution in [0.3, 0.4) is 0 Å². The van der Waals surface area contributed by atoms with Crippen molar-refractivity contribution in [3.05, 3.63) is 33.9 Å². The van der Waals surface area contributed by atoms with Crippen molar-refractivity contribution in [2.75, 3.05) is 24.4 Å². The summed E-state index contributed by atoms with van der Waals surface area (Å²) >= 11 is 1.63. The number of rotatable bonds is 6. The number of benzene rings is 1. The molecule has 0 aliphatic heterocycles. The normalized spacial score (nSPS) is 11.7. The highest BCUT2D eigenvalue weighted by molar-refractivity contribution is 7.98. The Morgan fingerprint density at radius 2 is 2.21 bits per heavy atom. The summed E-state index contributed by atoms with van der Waals surface area (Å²) in [4.78, 5) is 22.5. The summed E-state index contributed by atoms with van der Waals surface area (Å²) in [5.41, 5.74) is 0.415. The monoisotopic (exact) mass is 283 g/mol. The van der Waals surface area contributed by atoms with E-state index in [1.807, 2.05) is 13.2 Å². The Kier molecular flexibility index (Phi) is 5.62. The Labute approximate surface area is 116 Å². The van der Waals surface area contributed by atoms with E-state index in [0.29, 0.717) is 0 Å². The zero-order valence-corrected chi connectivity index (χ0v) is 11.9. The summed E-state index contributed by atoms with van der Waals surface area (Å²) in [5, 5.41) is 16.5. The maximum Gasteiger partial charge on any atom is 0.293 e. The van der Waals surface area contributed by atoms with Crippen LogP contribution in [-0.4, -0.2) is 35.9 Å². The first-order valence-electron chi connectivity index (χ1n) is 5.76. The van der Waals surface area contributed by atoms with Crippen molar-refractivity contribution < 1.29 is 9.72 Å². The minimum Gasteiger partial charge on any atom is -0.382 e. The number of para-hydroxylation sites is 1. The van der Waals surface area contributed by atoms with Crippen molar-refractivity contribution in [2.45, 2.75) is 13.0 Å². The van der Waals surface area contributed by atoms with Gasteiger partial charge < -0.3 is 10.6 Å². The number of nitrogens with one attached hydrogen (secondary N) is 2. The fraction of sp³-hybridized carbons (Fsp3) is 0.417. The number of amides is 1. The number of anilines is 1. The summed E-state index contributed by atoms with van der Waals surface area (Å²) in [6.45, 7) is 1.89. The third kappa shape index (κ3) is 3.85. The summed E-state index contributed by atoms with van der Waals surface area (Å²) in [6, 6.07) is 4.45. The molecule has 1 amide bonds. The van der Waals surface area contributed by atoms with Crippen molar-refractivity contribution in [2.24, 2.45) is 0 Å². The first kappa shape index (κ1) is 15.3. The molecule has 0 spiro atoms. The van der Waals surface area contributed by atoms with Crippen molar-refractivity contribution >= 4 is 29.0 Å². The molecule has 19 heavy (non-hydrogen) atoms. The van der Waals surface area contributed by atoms with Crippen LogP contribution in [0.15, 0.2) is 18.2 Å². The Bertz CT molecular complexity index is 479. The van der Waals surface area contributed by atoms with Crippen LogP contribution >= 0.6 is 11.8 Å². The third-order valence-corrected chi connectivity index (χ3v) is 3.36. The van der Waals surface area contributed by atoms with Crippen LogP contribution in [0.1, 0.15) is 17.3 Å². The predicted molar refractivity (Wildman–Crippen MR) is 78.0 cm³/mol. The van der Waals surface area contributed by atoms with E-state index in [2.05, 4.69) is 10.6 Å². The molecule has 0 radical (unpaired) electrons. The number of carbonyl (C=O) groups is 1. The summed E-state index contributed by atoms with van der Waals surface area (Å²) in [5.74, 6) is 0.477. The summed E-state index contributed by atoms with van der Waals surface area (Å²) in [6.07, 6.45) is 1.95. The minimum atomic E-state index is -0.506. The van der Waals surface area contributed by atoms with Crippen molar-refractivity contribution in [3.8, 4) is 0 Å². The number of carbonyl (C=O) groups excluding carboxylic acids is 1. The molecule has 1 rings (SSSR count). The second kappa shape index (κ2) is 6.98. The molecule has 1 atom stereocenters. The van der Waals surface area contributed by atoms with Gasteiger partial charge in [0.15, 0.2) is 0 Å². The number of thioether (sulfide) groups is 1. The molecule has 104 valence electrons. The van der Waals surface area contributed by atoms with Gasteiger partial charge in [-0.3, -0.25) is 14.9 Å². The smallest absolute Gasteiger partial charge is 0.293 e. The lowest BCUT2D eigenvalue weighted by Crippen LogP contribution is -2.34. The van der Waals surface area contributed by atoms with E-state index in [1.165, 1.54) is 12.1 Å².